The molecule has 0 aliphatic heterocycles. The first-order valence-corrected chi connectivity index (χ1v) is 8.98. The Bertz CT molecular complexity index is 862. The van der Waals surface area contributed by atoms with Gasteiger partial charge in [0.15, 0.2) is 5.82 Å². The first kappa shape index (κ1) is 18.6. The van der Waals surface area contributed by atoms with Gasteiger partial charge in [0.2, 0.25) is 0 Å². The summed E-state index contributed by atoms with van der Waals surface area (Å²) in [5.74, 6) is 0.561. The minimum absolute atomic E-state index is 0.144. The highest BCUT2D eigenvalue weighted by atomic mass is 16.5. The van der Waals surface area contributed by atoms with Gasteiger partial charge in [0, 0.05) is 18.0 Å². The van der Waals surface area contributed by atoms with Gasteiger partial charge in [-0.05, 0) is 68.1 Å². The number of rotatable bonds is 7. The zero-order valence-corrected chi connectivity index (χ0v) is 15.2. The number of hydrogen-bond acceptors (Lipinski definition) is 5. The summed E-state index contributed by atoms with van der Waals surface area (Å²) in [6, 6.07) is 15.8. The van der Waals surface area contributed by atoms with Crippen LogP contribution < -0.4 is 0 Å². The average Bonchev–Trinajstić information content (AvgIpc) is 2.70. The quantitative estimate of drug-likeness (QED) is 0.630. The van der Waals surface area contributed by atoms with Crippen molar-refractivity contribution < 1.29 is 14.6 Å². The summed E-state index contributed by atoms with van der Waals surface area (Å²) in [5.41, 5.74) is 2.47. The van der Waals surface area contributed by atoms with Gasteiger partial charge in [0.05, 0.1) is 11.7 Å². The van der Waals surface area contributed by atoms with Crippen LogP contribution in [0.1, 0.15) is 35.7 Å². The van der Waals surface area contributed by atoms with Crippen molar-refractivity contribution in [1.29, 1.82) is 0 Å². The highest BCUT2D eigenvalue weighted by molar-refractivity contribution is 5.89. The fraction of sp³-hybridized carbons (Fsp3) is 0.227. The van der Waals surface area contributed by atoms with Crippen LogP contribution in [-0.2, 0) is 11.2 Å². The van der Waals surface area contributed by atoms with E-state index in [0.717, 1.165) is 30.4 Å². The molecular formula is C22H22N2O3. The molecule has 1 unspecified atom stereocenters. The maximum Gasteiger partial charge on any atom is 0.338 e. The highest BCUT2D eigenvalue weighted by Crippen LogP contribution is 2.18. The monoisotopic (exact) mass is 362 g/mol. The Hall–Kier alpha value is -3.21. The Morgan fingerprint density at radius 1 is 1.04 bits per heavy atom. The highest BCUT2D eigenvalue weighted by Gasteiger charge is 2.11. The minimum atomic E-state index is -0.287. The van der Waals surface area contributed by atoms with E-state index in [1.807, 2.05) is 37.5 Å². The van der Waals surface area contributed by atoms with Crippen LogP contribution in [-0.4, -0.2) is 27.1 Å². The van der Waals surface area contributed by atoms with E-state index >= 15 is 0 Å². The van der Waals surface area contributed by atoms with Crippen LogP contribution in [0.4, 0.5) is 0 Å². The van der Waals surface area contributed by atoms with Gasteiger partial charge in [-0.15, -0.1) is 0 Å². The summed E-state index contributed by atoms with van der Waals surface area (Å²) >= 11 is 0. The van der Waals surface area contributed by atoms with Crippen molar-refractivity contribution in [3.05, 3.63) is 78.1 Å². The van der Waals surface area contributed by atoms with Crippen molar-refractivity contribution in [2.24, 2.45) is 0 Å². The number of nitrogens with zero attached hydrogens (tertiary/aromatic N) is 2. The van der Waals surface area contributed by atoms with E-state index in [-0.39, 0.29) is 17.8 Å². The molecule has 0 spiro atoms. The van der Waals surface area contributed by atoms with E-state index in [4.69, 9.17) is 4.74 Å². The summed E-state index contributed by atoms with van der Waals surface area (Å²) in [5, 5.41) is 9.34. The molecule has 0 saturated heterocycles. The first-order valence-electron chi connectivity index (χ1n) is 8.98. The van der Waals surface area contributed by atoms with Crippen LogP contribution in [0.15, 0.2) is 67.0 Å². The van der Waals surface area contributed by atoms with E-state index < -0.39 is 0 Å². The summed E-state index contributed by atoms with van der Waals surface area (Å²) in [6.45, 7) is 1.91. The van der Waals surface area contributed by atoms with E-state index in [9.17, 15) is 9.90 Å². The lowest BCUT2D eigenvalue weighted by Gasteiger charge is -2.13. The van der Waals surface area contributed by atoms with Gasteiger partial charge in [-0.1, -0.05) is 18.2 Å². The predicted molar refractivity (Wildman–Crippen MR) is 103 cm³/mol. The van der Waals surface area contributed by atoms with Crippen molar-refractivity contribution >= 4 is 5.97 Å². The van der Waals surface area contributed by atoms with Gasteiger partial charge < -0.3 is 9.84 Å². The third-order valence-electron chi connectivity index (χ3n) is 4.22. The molecule has 1 aromatic heterocycles. The lowest BCUT2D eigenvalue weighted by atomic mass is 10.1. The Morgan fingerprint density at radius 3 is 2.37 bits per heavy atom. The fourth-order valence-corrected chi connectivity index (χ4v) is 2.72. The number of aryl methyl sites for hydroxylation is 1. The van der Waals surface area contributed by atoms with Crippen molar-refractivity contribution in [3.8, 4) is 17.1 Å². The van der Waals surface area contributed by atoms with E-state index in [2.05, 4.69) is 9.97 Å². The lowest BCUT2D eigenvalue weighted by molar-refractivity contribution is 0.0321. The largest absolute Gasteiger partial charge is 0.508 e. The van der Waals surface area contributed by atoms with E-state index in [1.54, 1.807) is 36.4 Å². The van der Waals surface area contributed by atoms with Crippen molar-refractivity contribution in [3.63, 3.8) is 0 Å². The van der Waals surface area contributed by atoms with Crippen molar-refractivity contribution in [2.75, 3.05) is 0 Å². The van der Waals surface area contributed by atoms with Crippen LogP contribution in [0.25, 0.3) is 11.4 Å². The maximum atomic E-state index is 12.0. The second-order valence-corrected chi connectivity index (χ2v) is 6.44. The molecule has 2 aromatic carbocycles. The molecule has 5 nitrogen and oxygen atoms in total. The standard InChI is InChI=1S/C22H22N2O3/c1-16(27-22(26)19-8-3-2-4-9-19)6-5-7-17-14-23-21(24-15-17)18-10-12-20(25)13-11-18/h2-4,8-16,25H,5-7H2,1H3. The molecular weight excluding hydrogens is 340 g/mol. The SMILES string of the molecule is CC(CCCc1cnc(-c2ccc(O)cc2)nc1)OC(=O)c1ccccc1. The Kier molecular flexibility index (Phi) is 6.15. The predicted octanol–water partition coefficient (Wildman–Crippen LogP) is 4.42. The molecule has 0 radical (unpaired) electrons. The van der Waals surface area contributed by atoms with Crippen LogP contribution in [0.5, 0.6) is 5.75 Å². The summed E-state index contributed by atoms with van der Waals surface area (Å²) < 4.78 is 5.47. The smallest absolute Gasteiger partial charge is 0.338 e. The van der Waals surface area contributed by atoms with Crippen LogP contribution in [0.2, 0.25) is 0 Å². The molecule has 0 saturated carbocycles. The van der Waals surface area contributed by atoms with E-state index in [0.29, 0.717) is 11.4 Å². The number of ether oxygens (including phenoxy) is 1. The molecule has 3 rings (SSSR count). The number of phenols is 1. The third kappa shape index (κ3) is 5.38. The van der Waals surface area contributed by atoms with Gasteiger partial charge >= 0.3 is 5.97 Å². The normalized spacial score (nSPS) is 11.7. The molecule has 0 fully saturated rings. The molecule has 27 heavy (non-hydrogen) atoms. The Balaban J connectivity index is 1.46. The van der Waals surface area contributed by atoms with Crippen LogP contribution >= 0.6 is 0 Å². The molecule has 0 aliphatic rings. The number of aromatic nitrogens is 2. The van der Waals surface area contributed by atoms with Gasteiger partial charge in [-0.2, -0.15) is 0 Å². The molecule has 1 N–H and O–H groups in total. The van der Waals surface area contributed by atoms with Crippen LogP contribution in [0.3, 0.4) is 0 Å². The average molecular weight is 362 g/mol. The number of aromatic hydroxyl groups is 1. The number of carbonyl (C=O) groups excluding carboxylic acids is 1. The molecule has 0 bridgehead atoms. The number of phenolic OH excluding ortho intramolecular Hbond substituents is 1. The first-order chi connectivity index (χ1) is 13.1. The summed E-state index contributed by atoms with van der Waals surface area (Å²) in [7, 11) is 0. The molecule has 5 heteroatoms. The molecule has 138 valence electrons. The Morgan fingerprint density at radius 2 is 1.70 bits per heavy atom. The number of carbonyl (C=O) groups is 1. The molecule has 3 aromatic rings. The zero-order valence-electron chi connectivity index (χ0n) is 15.2. The summed E-state index contributed by atoms with van der Waals surface area (Å²) in [4.78, 5) is 20.8. The lowest BCUT2D eigenvalue weighted by Crippen LogP contribution is -2.15. The second-order valence-electron chi connectivity index (χ2n) is 6.44. The summed E-state index contributed by atoms with van der Waals surface area (Å²) in [6.07, 6.45) is 5.97. The minimum Gasteiger partial charge on any atom is -0.508 e. The molecule has 1 heterocycles. The number of benzene rings is 2. The zero-order chi connectivity index (χ0) is 19.1. The third-order valence-corrected chi connectivity index (χ3v) is 4.22. The second kappa shape index (κ2) is 8.94. The number of esters is 1. The topological polar surface area (TPSA) is 72.3 Å². The van der Waals surface area contributed by atoms with Gasteiger partial charge in [-0.25, -0.2) is 14.8 Å². The van der Waals surface area contributed by atoms with Crippen molar-refractivity contribution in [2.45, 2.75) is 32.3 Å². The van der Waals surface area contributed by atoms with E-state index in [1.165, 1.54) is 0 Å². The maximum absolute atomic E-state index is 12.0. The van der Waals surface area contributed by atoms with Gasteiger partial charge in [-0.3, -0.25) is 0 Å². The van der Waals surface area contributed by atoms with Gasteiger partial charge in [0.1, 0.15) is 5.75 Å². The molecule has 1 atom stereocenters. The fourth-order valence-electron chi connectivity index (χ4n) is 2.72. The molecule has 0 aliphatic carbocycles. The van der Waals surface area contributed by atoms with Crippen LogP contribution in [0, 0.1) is 0 Å². The Labute approximate surface area is 158 Å². The van der Waals surface area contributed by atoms with Crippen molar-refractivity contribution in [1.82, 2.24) is 9.97 Å². The molecule has 0 amide bonds. The van der Waals surface area contributed by atoms with Gasteiger partial charge in [0.25, 0.3) is 0 Å². The number of hydrogen-bond donors (Lipinski definition) is 1.